The van der Waals surface area contributed by atoms with Gasteiger partial charge in [-0.1, -0.05) is 6.92 Å². The van der Waals surface area contributed by atoms with Crippen LogP contribution in [-0.2, 0) is 0 Å². The first-order valence-electron chi connectivity index (χ1n) is 3.16. The van der Waals surface area contributed by atoms with Gasteiger partial charge < -0.3 is 5.11 Å². The van der Waals surface area contributed by atoms with Gasteiger partial charge in [0.1, 0.15) is 6.23 Å². The van der Waals surface area contributed by atoms with Crippen molar-refractivity contribution in [3.63, 3.8) is 0 Å². The minimum Gasteiger partial charge on any atom is -0.379 e. The minimum absolute atomic E-state index is 0.390. The normalized spacial score (nSPS) is 12.6. The van der Waals surface area contributed by atoms with E-state index in [-0.39, 0.29) is 0 Å². The van der Waals surface area contributed by atoms with E-state index in [4.69, 9.17) is 11.5 Å². The lowest BCUT2D eigenvalue weighted by atomic mass is 10.4. The molecule has 0 saturated heterocycles. The highest BCUT2D eigenvalue weighted by Crippen LogP contribution is 1.82. The van der Waals surface area contributed by atoms with Crippen molar-refractivity contribution in [1.82, 2.24) is 5.32 Å². The fourth-order valence-electron chi connectivity index (χ4n) is 0.455. The Morgan fingerprint density at radius 3 is 2.89 bits per heavy atom. The molecule has 0 bridgehead atoms. The highest BCUT2D eigenvalue weighted by molar-refractivity contribution is 4.84. The summed E-state index contributed by atoms with van der Waals surface area (Å²) >= 11 is 0. The molecule has 0 heterocycles. The molecule has 2 N–H and O–H groups in total. The Labute approximate surface area is 56.3 Å². The van der Waals surface area contributed by atoms with Crippen LogP contribution in [0.4, 0.5) is 0 Å². The van der Waals surface area contributed by atoms with E-state index in [9.17, 15) is 0 Å². The Hall–Kier alpha value is -0.520. The lowest BCUT2D eigenvalue weighted by Gasteiger charge is -2.07. The smallest absolute Gasteiger partial charge is 0.104 e. The summed E-state index contributed by atoms with van der Waals surface area (Å²) in [6, 6.07) is 0. The standard InChI is InChI=1S/C7H13NO/c1-3-5-6-8-7(9)4-2/h1,7-9H,4-6H2,2H3. The molecule has 1 unspecified atom stereocenters. The van der Waals surface area contributed by atoms with Crippen molar-refractivity contribution in [2.24, 2.45) is 0 Å². The number of terminal acetylenes is 1. The van der Waals surface area contributed by atoms with Crippen molar-refractivity contribution in [3.8, 4) is 12.3 Å². The maximum atomic E-state index is 8.90. The van der Waals surface area contributed by atoms with Crippen molar-refractivity contribution in [1.29, 1.82) is 0 Å². The van der Waals surface area contributed by atoms with Crippen LogP contribution < -0.4 is 5.32 Å². The molecule has 52 valence electrons. The molecule has 1 atom stereocenters. The summed E-state index contributed by atoms with van der Waals surface area (Å²) in [7, 11) is 0. The first-order valence-corrected chi connectivity index (χ1v) is 3.16. The Morgan fingerprint density at radius 2 is 2.44 bits per heavy atom. The molecule has 0 aromatic heterocycles. The van der Waals surface area contributed by atoms with Gasteiger partial charge in [0, 0.05) is 13.0 Å². The van der Waals surface area contributed by atoms with E-state index in [0.29, 0.717) is 13.0 Å². The van der Waals surface area contributed by atoms with E-state index < -0.39 is 6.23 Å². The largest absolute Gasteiger partial charge is 0.379 e. The number of aliphatic hydroxyl groups is 1. The molecule has 0 radical (unpaired) electrons. The second-order valence-electron chi connectivity index (χ2n) is 1.83. The summed E-state index contributed by atoms with van der Waals surface area (Å²) in [6.45, 7) is 2.61. The van der Waals surface area contributed by atoms with Crippen LogP contribution in [0.2, 0.25) is 0 Å². The molecule has 2 heteroatoms. The first kappa shape index (κ1) is 8.48. The van der Waals surface area contributed by atoms with Crippen molar-refractivity contribution in [3.05, 3.63) is 0 Å². The minimum atomic E-state index is -0.390. The Balaban J connectivity index is 2.99. The second kappa shape index (κ2) is 5.61. The van der Waals surface area contributed by atoms with Crippen LogP contribution in [0.3, 0.4) is 0 Å². The average molecular weight is 127 g/mol. The SMILES string of the molecule is C#CCCNC(O)CC. The van der Waals surface area contributed by atoms with Gasteiger partial charge in [0.25, 0.3) is 0 Å². The van der Waals surface area contributed by atoms with Crippen molar-refractivity contribution in [2.75, 3.05) is 6.54 Å². The van der Waals surface area contributed by atoms with Gasteiger partial charge in [-0.15, -0.1) is 12.3 Å². The lowest BCUT2D eigenvalue weighted by molar-refractivity contribution is 0.134. The van der Waals surface area contributed by atoms with Gasteiger partial charge in [-0.25, -0.2) is 0 Å². The van der Waals surface area contributed by atoms with Gasteiger partial charge in [-0.05, 0) is 6.42 Å². The number of hydrogen-bond donors (Lipinski definition) is 2. The highest BCUT2D eigenvalue weighted by atomic mass is 16.3. The van der Waals surface area contributed by atoms with Gasteiger partial charge in [0.2, 0.25) is 0 Å². The molecule has 0 aliphatic rings. The maximum absolute atomic E-state index is 8.90. The quantitative estimate of drug-likeness (QED) is 0.324. The molecule has 0 aromatic carbocycles. The van der Waals surface area contributed by atoms with Crippen LogP contribution in [0.25, 0.3) is 0 Å². The topological polar surface area (TPSA) is 32.3 Å². The third kappa shape index (κ3) is 5.35. The van der Waals surface area contributed by atoms with Crippen molar-refractivity contribution < 1.29 is 5.11 Å². The fraction of sp³-hybridized carbons (Fsp3) is 0.714. The number of aliphatic hydroxyl groups excluding tert-OH is 1. The average Bonchev–Trinajstić information content (AvgIpc) is 1.89. The molecule has 0 aliphatic heterocycles. The number of hydrogen-bond acceptors (Lipinski definition) is 2. The molecule has 0 amide bonds. The van der Waals surface area contributed by atoms with Crippen LogP contribution >= 0.6 is 0 Å². The summed E-state index contributed by atoms with van der Waals surface area (Å²) in [6.07, 6.45) is 6.00. The summed E-state index contributed by atoms with van der Waals surface area (Å²) in [5, 5.41) is 11.8. The third-order valence-corrected chi connectivity index (χ3v) is 1.04. The van der Waals surface area contributed by atoms with Gasteiger partial charge in [0.15, 0.2) is 0 Å². The maximum Gasteiger partial charge on any atom is 0.104 e. The van der Waals surface area contributed by atoms with E-state index in [0.717, 1.165) is 6.42 Å². The zero-order valence-electron chi connectivity index (χ0n) is 5.72. The highest BCUT2D eigenvalue weighted by Gasteiger charge is 1.94. The van der Waals surface area contributed by atoms with Crippen molar-refractivity contribution >= 4 is 0 Å². The molecular weight excluding hydrogens is 114 g/mol. The monoisotopic (exact) mass is 127 g/mol. The Bertz CT molecular complexity index is 95.6. The molecule has 0 aliphatic carbocycles. The number of rotatable bonds is 4. The molecule has 0 rings (SSSR count). The van der Waals surface area contributed by atoms with E-state index in [2.05, 4.69) is 11.2 Å². The zero-order chi connectivity index (χ0) is 7.11. The van der Waals surface area contributed by atoms with Crippen LogP contribution in [0.1, 0.15) is 19.8 Å². The van der Waals surface area contributed by atoms with Crippen LogP contribution in [0, 0.1) is 12.3 Å². The van der Waals surface area contributed by atoms with E-state index >= 15 is 0 Å². The van der Waals surface area contributed by atoms with Crippen LogP contribution in [0.15, 0.2) is 0 Å². The van der Waals surface area contributed by atoms with Crippen LogP contribution in [-0.4, -0.2) is 17.9 Å². The summed E-state index contributed by atoms with van der Waals surface area (Å²) in [5.41, 5.74) is 0. The first-order chi connectivity index (χ1) is 4.31. The van der Waals surface area contributed by atoms with Gasteiger partial charge >= 0.3 is 0 Å². The number of nitrogens with one attached hydrogen (secondary N) is 1. The predicted molar refractivity (Wildman–Crippen MR) is 37.8 cm³/mol. The molecule has 0 saturated carbocycles. The van der Waals surface area contributed by atoms with E-state index in [1.807, 2.05) is 6.92 Å². The molecule has 2 nitrogen and oxygen atoms in total. The van der Waals surface area contributed by atoms with Crippen LogP contribution in [0.5, 0.6) is 0 Å². The zero-order valence-corrected chi connectivity index (χ0v) is 5.72. The molecule has 9 heavy (non-hydrogen) atoms. The van der Waals surface area contributed by atoms with Crippen molar-refractivity contribution in [2.45, 2.75) is 26.0 Å². The molecular formula is C7H13NO. The fourth-order valence-corrected chi connectivity index (χ4v) is 0.455. The van der Waals surface area contributed by atoms with Gasteiger partial charge in [0.05, 0.1) is 0 Å². The summed E-state index contributed by atoms with van der Waals surface area (Å²) in [5.74, 6) is 2.47. The Kier molecular flexibility index (Phi) is 5.29. The predicted octanol–water partition coefficient (Wildman–Crippen LogP) is 0.328. The summed E-state index contributed by atoms with van der Waals surface area (Å²) < 4.78 is 0. The van der Waals surface area contributed by atoms with E-state index in [1.54, 1.807) is 0 Å². The lowest BCUT2D eigenvalue weighted by Crippen LogP contribution is -2.28. The molecule has 0 spiro atoms. The Morgan fingerprint density at radius 1 is 1.78 bits per heavy atom. The third-order valence-electron chi connectivity index (χ3n) is 1.04. The van der Waals surface area contributed by atoms with Gasteiger partial charge in [-0.2, -0.15) is 0 Å². The second-order valence-corrected chi connectivity index (χ2v) is 1.83. The summed E-state index contributed by atoms with van der Waals surface area (Å²) in [4.78, 5) is 0. The van der Waals surface area contributed by atoms with E-state index in [1.165, 1.54) is 0 Å². The molecule has 0 aromatic rings. The molecule has 0 fully saturated rings. The van der Waals surface area contributed by atoms with Gasteiger partial charge in [-0.3, -0.25) is 5.32 Å².